The second-order valence-electron chi connectivity index (χ2n) is 2.60. The molecule has 0 spiro atoms. The highest BCUT2D eigenvalue weighted by Crippen LogP contribution is 2.23. The summed E-state index contributed by atoms with van der Waals surface area (Å²) in [7, 11) is 1.21. The second-order valence-corrected chi connectivity index (χ2v) is 3.46. The molecule has 0 saturated carbocycles. The van der Waals surface area contributed by atoms with E-state index in [9.17, 15) is 9.59 Å². The quantitative estimate of drug-likeness (QED) is 0.607. The average Bonchev–Trinajstić information content (AvgIpc) is 2.27. The monoisotopic (exact) mass is 267 g/mol. The zero-order valence-corrected chi connectivity index (χ0v) is 9.37. The molecule has 5 heteroatoms. The van der Waals surface area contributed by atoms with Gasteiger partial charge in [-0.3, -0.25) is 4.79 Å². The summed E-state index contributed by atoms with van der Waals surface area (Å²) in [6, 6.07) is 4.82. The van der Waals surface area contributed by atoms with Crippen molar-refractivity contribution in [2.24, 2.45) is 0 Å². The lowest BCUT2D eigenvalue weighted by Crippen LogP contribution is -2.08. The minimum absolute atomic E-state index is 0.0405. The largest absolute Gasteiger partial charge is 0.465 e. The number of nitrogens with zero attached hydrogens (tertiary/aromatic N) is 1. The normalized spacial score (nSPS) is 9.13. The number of hydrogen-bond donors (Lipinski definition) is 0. The molecule has 0 atom stereocenters. The van der Waals surface area contributed by atoms with Crippen LogP contribution in [0.4, 0.5) is 0 Å². The summed E-state index contributed by atoms with van der Waals surface area (Å²) in [5, 5.41) is 8.74. The van der Waals surface area contributed by atoms with Gasteiger partial charge in [-0.15, -0.1) is 0 Å². The number of halogens is 1. The third kappa shape index (κ3) is 2.05. The Bertz CT molecular complexity index is 462. The first-order valence-corrected chi connectivity index (χ1v) is 4.71. The highest BCUT2D eigenvalue weighted by Gasteiger charge is 2.18. The smallest absolute Gasteiger partial charge is 0.339 e. The molecule has 1 aromatic rings. The maximum absolute atomic E-state index is 11.4. The van der Waals surface area contributed by atoms with Crippen molar-refractivity contribution in [1.82, 2.24) is 0 Å². The Morgan fingerprint density at radius 1 is 1.60 bits per heavy atom. The van der Waals surface area contributed by atoms with Gasteiger partial charge in [0, 0.05) is 10.0 Å². The van der Waals surface area contributed by atoms with E-state index in [4.69, 9.17) is 5.26 Å². The van der Waals surface area contributed by atoms with E-state index in [1.165, 1.54) is 19.2 Å². The number of methoxy groups -OCH3 is 1. The van der Waals surface area contributed by atoms with Crippen LogP contribution in [-0.4, -0.2) is 19.4 Å². The van der Waals surface area contributed by atoms with Crippen molar-refractivity contribution >= 4 is 28.2 Å². The standard InChI is InChI=1S/C10H6BrNO3/c1-15-10(14)9-7(5-13)6(4-12)2-3-8(9)11/h2-3,5H,1H3. The van der Waals surface area contributed by atoms with Gasteiger partial charge in [-0.05, 0) is 28.1 Å². The zero-order chi connectivity index (χ0) is 11.4. The summed E-state index contributed by atoms with van der Waals surface area (Å²) in [5.74, 6) is -0.652. The third-order valence-electron chi connectivity index (χ3n) is 1.82. The Balaban J connectivity index is 3.54. The average molecular weight is 268 g/mol. The Morgan fingerprint density at radius 2 is 2.27 bits per heavy atom. The molecular weight excluding hydrogens is 262 g/mol. The van der Waals surface area contributed by atoms with E-state index in [1.54, 1.807) is 0 Å². The number of esters is 1. The number of ether oxygens (including phenoxy) is 1. The molecule has 0 N–H and O–H groups in total. The van der Waals surface area contributed by atoms with Crippen LogP contribution in [0.25, 0.3) is 0 Å². The maximum Gasteiger partial charge on any atom is 0.339 e. The first kappa shape index (κ1) is 11.4. The molecule has 0 unspecified atom stereocenters. The summed E-state index contributed by atoms with van der Waals surface area (Å²) in [6.07, 6.45) is 0.468. The van der Waals surface area contributed by atoms with Crippen molar-refractivity contribution in [2.75, 3.05) is 7.11 Å². The molecule has 0 aliphatic carbocycles. The molecule has 0 aliphatic rings. The number of carbonyl (C=O) groups is 2. The van der Waals surface area contributed by atoms with E-state index < -0.39 is 5.97 Å². The first-order chi connectivity index (χ1) is 7.15. The highest BCUT2D eigenvalue weighted by molar-refractivity contribution is 9.10. The van der Waals surface area contributed by atoms with Crippen molar-refractivity contribution in [3.8, 4) is 6.07 Å². The molecule has 0 amide bonds. The van der Waals surface area contributed by atoms with Gasteiger partial charge in [0.05, 0.1) is 24.3 Å². The fourth-order valence-corrected chi connectivity index (χ4v) is 1.63. The fraction of sp³-hybridized carbons (Fsp3) is 0.100. The predicted molar refractivity (Wildman–Crippen MR) is 55.6 cm³/mol. The molecule has 4 nitrogen and oxygen atoms in total. The Labute approximate surface area is 94.6 Å². The molecule has 0 fully saturated rings. The van der Waals surface area contributed by atoms with Crippen molar-refractivity contribution in [2.45, 2.75) is 0 Å². The third-order valence-corrected chi connectivity index (χ3v) is 2.48. The van der Waals surface area contributed by atoms with Crippen LogP contribution in [0.2, 0.25) is 0 Å². The molecule has 0 aliphatic heterocycles. The molecule has 0 aromatic heterocycles. The SMILES string of the molecule is COC(=O)c1c(Br)ccc(C#N)c1C=O. The van der Waals surface area contributed by atoms with Crippen LogP contribution in [0.5, 0.6) is 0 Å². The first-order valence-electron chi connectivity index (χ1n) is 3.91. The Kier molecular flexibility index (Phi) is 3.58. The van der Waals surface area contributed by atoms with E-state index in [2.05, 4.69) is 20.7 Å². The summed E-state index contributed by atoms with van der Waals surface area (Å²) in [6.45, 7) is 0. The van der Waals surface area contributed by atoms with E-state index in [1.807, 2.05) is 6.07 Å². The van der Waals surface area contributed by atoms with Crippen molar-refractivity contribution < 1.29 is 14.3 Å². The Morgan fingerprint density at radius 3 is 2.73 bits per heavy atom. The molecule has 0 heterocycles. The molecule has 0 bridgehead atoms. The van der Waals surface area contributed by atoms with Gasteiger partial charge in [-0.25, -0.2) is 4.79 Å². The van der Waals surface area contributed by atoms with Gasteiger partial charge >= 0.3 is 5.97 Å². The number of hydrogen-bond acceptors (Lipinski definition) is 4. The lowest BCUT2D eigenvalue weighted by Gasteiger charge is -2.06. The maximum atomic E-state index is 11.4. The summed E-state index contributed by atoms with van der Waals surface area (Å²) < 4.78 is 4.95. The van der Waals surface area contributed by atoms with Crippen LogP contribution in [0.15, 0.2) is 16.6 Å². The zero-order valence-electron chi connectivity index (χ0n) is 7.78. The topological polar surface area (TPSA) is 67.2 Å². The van der Waals surface area contributed by atoms with Gasteiger partial charge in [0.15, 0.2) is 6.29 Å². The molecule has 1 aromatic carbocycles. The van der Waals surface area contributed by atoms with E-state index in [0.29, 0.717) is 10.8 Å². The minimum Gasteiger partial charge on any atom is -0.465 e. The van der Waals surface area contributed by atoms with Gasteiger partial charge < -0.3 is 4.74 Å². The van der Waals surface area contributed by atoms with E-state index >= 15 is 0 Å². The van der Waals surface area contributed by atoms with Crippen molar-refractivity contribution in [3.05, 3.63) is 33.3 Å². The van der Waals surface area contributed by atoms with Crippen LogP contribution in [-0.2, 0) is 4.74 Å². The van der Waals surface area contributed by atoms with E-state index in [0.717, 1.165) is 0 Å². The highest BCUT2D eigenvalue weighted by atomic mass is 79.9. The lowest BCUT2D eigenvalue weighted by molar-refractivity contribution is 0.0597. The van der Waals surface area contributed by atoms with Gasteiger partial charge in [-0.1, -0.05) is 0 Å². The Hall–Kier alpha value is -1.67. The summed E-state index contributed by atoms with van der Waals surface area (Å²) in [4.78, 5) is 22.2. The fourth-order valence-electron chi connectivity index (χ4n) is 1.12. The van der Waals surface area contributed by atoms with Gasteiger partial charge in [-0.2, -0.15) is 5.26 Å². The number of nitriles is 1. The van der Waals surface area contributed by atoms with Crippen LogP contribution in [0, 0.1) is 11.3 Å². The van der Waals surface area contributed by atoms with E-state index in [-0.39, 0.29) is 16.7 Å². The molecule has 15 heavy (non-hydrogen) atoms. The summed E-state index contributed by atoms with van der Waals surface area (Å²) in [5.41, 5.74) is 0.263. The molecule has 0 saturated heterocycles. The van der Waals surface area contributed by atoms with Gasteiger partial charge in [0.1, 0.15) is 0 Å². The number of aldehydes is 1. The number of rotatable bonds is 2. The molecule has 1 rings (SSSR count). The number of carbonyl (C=O) groups excluding carboxylic acids is 2. The number of benzene rings is 1. The van der Waals surface area contributed by atoms with Crippen molar-refractivity contribution in [1.29, 1.82) is 5.26 Å². The molecule has 76 valence electrons. The van der Waals surface area contributed by atoms with Crippen molar-refractivity contribution in [3.63, 3.8) is 0 Å². The lowest BCUT2D eigenvalue weighted by atomic mass is 10.0. The predicted octanol–water partition coefficient (Wildman–Crippen LogP) is 1.92. The molecule has 0 radical (unpaired) electrons. The van der Waals surface area contributed by atoms with Crippen LogP contribution in [0.1, 0.15) is 26.3 Å². The van der Waals surface area contributed by atoms with Gasteiger partial charge in [0.2, 0.25) is 0 Å². The second kappa shape index (κ2) is 4.71. The van der Waals surface area contributed by atoms with Crippen LogP contribution >= 0.6 is 15.9 Å². The van der Waals surface area contributed by atoms with Crippen LogP contribution in [0.3, 0.4) is 0 Å². The molecular formula is C10H6BrNO3. The summed E-state index contributed by atoms with van der Waals surface area (Å²) >= 11 is 3.12. The minimum atomic E-state index is -0.652. The van der Waals surface area contributed by atoms with Gasteiger partial charge in [0.25, 0.3) is 0 Å². The van der Waals surface area contributed by atoms with Crippen LogP contribution < -0.4 is 0 Å².